The van der Waals surface area contributed by atoms with Gasteiger partial charge >= 0.3 is 6.29 Å². The summed E-state index contributed by atoms with van der Waals surface area (Å²) in [5, 5.41) is 10.3. The summed E-state index contributed by atoms with van der Waals surface area (Å²) in [4.78, 5) is 0. The van der Waals surface area contributed by atoms with Gasteiger partial charge in [-0.2, -0.15) is 0 Å². The van der Waals surface area contributed by atoms with Gasteiger partial charge in [-0.1, -0.05) is 18.9 Å². The molecule has 0 unspecified atom stereocenters. The van der Waals surface area contributed by atoms with Gasteiger partial charge < -0.3 is 20.3 Å². The minimum atomic E-state index is -3.63. The number of nitrogens with two attached hydrogens (primary N) is 1. The van der Waals surface area contributed by atoms with E-state index in [1.54, 1.807) is 6.07 Å². The molecule has 0 aromatic heterocycles. The largest absolute Gasteiger partial charge is 0.586 e. The molecular formula is C14H18ClF2NO3. The summed E-state index contributed by atoms with van der Waals surface area (Å²) in [6.45, 7) is 0. The lowest BCUT2D eigenvalue weighted by Crippen LogP contribution is -2.31. The van der Waals surface area contributed by atoms with Crippen molar-refractivity contribution in [2.75, 3.05) is 0 Å². The molecule has 1 aliphatic heterocycles. The van der Waals surface area contributed by atoms with Gasteiger partial charge in [0.1, 0.15) is 0 Å². The SMILES string of the molecule is Cl.N[C@H](c1ccc2c(c1)OC(F)(F)O2)[C@@H](O)C1CCCC1. The Balaban J connectivity index is 0.00000161. The molecule has 1 aliphatic carbocycles. The van der Waals surface area contributed by atoms with Gasteiger partial charge in [-0.3, -0.25) is 0 Å². The van der Waals surface area contributed by atoms with Crippen LogP contribution in [0.3, 0.4) is 0 Å². The second-order valence-corrected chi connectivity index (χ2v) is 5.43. The van der Waals surface area contributed by atoms with E-state index >= 15 is 0 Å². The molecule has 2 atom stereocenters. The summed E-state index contributed by atoms with van der Waals surface area (Å²) in [6, 6.07) is 3.79. The Kier molecular flexibility index (Phi) is 4.60. The Morgan fingerprint density at radius 3 is 2.48 bits per heavy atom. The quantitative estimate of drug-likeness (QED) is 0.898. The monoisotopic (exact) mass is 321 g/mol. The fourth-order valence-corrected chi connectivity index (χ4v) is 2.96. The van der Waals surface area contributed by atoms with E-state index in [9.17, 15) is 13.9 Å². The highest BCUT2D eigenvalue weighted by Gasteiger charge is 2.43. The number of hydrogen-bond donors (Lipinski definition) is 2. The summed E-state index contributed by atoms with van der Waals surface area (Å²) in [6.07, 6.45) is -0.188. The number of benzene rings is 1. The van der Waals surface area contributed by atoms with Crippen molar-refractivity contribution in [2.24, 2.45) is 11.7 Å². The molecule has 0 spiro atoms. The molecule has 0 amide bonds. The maximum Gasteiger partial charge on any atom is 0.586 e. The number of halogens is 3. The Morgan fingerprint density at radius 1 is 1.19 bits per heavy atom. The molecule has 4 nitrogen and oxygen atoms in total. The molecule has 3 rings (SSSR count). The van der Waals surface area contributed by atoms with E-state index in [2.05, 4.69) is 9.47 Å². The van der Waals surface area contributed by atoms with Crippen LogP contribution < -0.4 is 15.2 Å². The highest BCUT2D eigenvalue weighted by molar-refractivity contribution is 5.85. The average Bonchev–Trinajstić information content (AvgIpc) is 3.01. The topological polar surface area (TPSA) is 64.7 Å². The van der Waals surface area contributed by atoms with E-state index in [1.165, 1.54) is 12.1 Å². The van der Waals surface area contributed by atoms with Crippen LogP contribution >= 0.6 is 12.4 Å². The smallest absolute Gasteiger partial charge is 0.395 e. The molecule has 1 aromatic carbocycles. The minimum Gasteiger partial charge on any atom is -0.395 e. The zero-order valence-electron chi connectivity index (χ0n) is 11.3. The summed E-state index contributed by atoms with van der Waals surface area (Å²) < 4.78 is 34.6. The van der Waals surface area contributed by atoms with Crippen molar-refractivity contribution < 1.29 is 23.4 Å². The first kappa shape index (κ1) is 16.3. The van der Waals surface area contributed by atoms with Gasteiger partial charge in [0.2, 0.25) is 0 Å². The highest BCUT2D eigenvalue weighted by Crippen LogP contribution is 2.42. The van der Waals surface area contributed by atoms with Crippen LogP contribution in [0.5, 0.6) is 11.5 Å². The van der Waals surface area contributed by atoms with Crippen molar-refractivity contribution in [2.45, 2.75) is 44.1 Å². The van der Waals surface area contributed by atoms with E-state index in [4.69, 9.17) is 5.73 Å². The van der Waals surface area contributed by atoms with E-state index in [0.717, 1.165) is 25.7 Å². The molecule has 21 heavy (non-hydrogen) atoms. The molecule has 2 aliphatic rings. The fraction of sp³-hybridized carbons (Fsp3) is 0.571. The van der Waals surface area contributed by atoms with E-state index < -0.39 is 18.4 Å². The van der Waals surface area contributed by atoms with Crippen molar-refractivity contribution >= 4 is 12.4 Å². The van der Waals surface area contributed by atoms with Gasteiger partial charge in [0.25, 0.3) is 0 Å². The van der Waals surface area contributed by atoms with E-state index in [0.29, 0.717) is 5.56 Å². The highest BCUT2D eigenvalue weighted by atomic mass is 35.5. The van der Waals surface area contributed by atoms with Gasteiger partial charge in [-0.05, 0) is 36.5 Å². The number of aliphatic hydroxyl groups is 1. The molecule has 1 saturated carbocycles. The molecule has 118 valence electrons. The maximum atomic E-state index is 12.9. The maximum absolute atomic E-state index is 12.9. The number of aliphatic hydroxyl groups excluding tert-OH is 1. The third kappa shape index (κ3) is 3.22. The Morgan fingerprint density at radius 2 is 1.81 bits per heavy atom. The summed E-state index contributed by atoms with van der Waals surface area (Å²) >= 11 is 0. The normalized spacial score (nSPS) is 22.7. The van der Waals surface area contributed by atoms with Gasteiger partial charge in [0.15, 0.2) is 11.5 Å². The summed E-state index contributed by atoms with van der Waals surface area (Å²) in [5.74, 6) is 0.125. The third-order valence-electron chi connectivity index (χ3n) is 4.06. The second kappa shape index (κ2) is 5.94. The van der Waals surface area contributed by atoms with Crippen molar-refractivity contribution in [3.05, 3.63) is 23.8 Å². The Bertz CT molecular complexity index is 509. The average molecular weight is 322 g/mol. The molecule has 0 bridgehead atoms. The standard InChI is InChI=1S/C14H17F2NO3.ClH/c15-14(16)19-10-6-5-9(7-11(10)20-14)12(17)13(18)8-3-1-2-4-8;/h5-8,12-13,18H,1-4,17H2;1H/t12-,13+;/m1./s1. The Labute approximate surface area is 127 Å². The van der Waals surface area contributed by atoms with Crippen LogP contribution in [0.2, 0.25) is 0 Å². The Hall–Kier alpha value is -1.11. The van der Waals surface area contributed by atoms with E-state index in [1.807, 2.05) is 0 Å². The number of fused-ring (bicyclic) bond motifs is 1. The first-order chi connectivity index (χ1) is 9.46. The van der Waals surface area contributed by atoms with Crippen molar-refractivity contribution in [3.8, 4) is 11.5 Å². The van der Waals surface area contributed by atoms with Crippen molar-refractivity contribution in [3.63, 3.8) is 0 Å². The molecular weight excluding hydrogens is 304 g/mol. The minimum absolute atomic E-state index is 0. The van der Waals surface area contributed by atoms with Crippen molar-refractivity contribution in [1.82, 2.24) is 0 Å². The first-order valence-electron chi connectivity index (χ1n) is 6.80. The van der Waals surface area contributed by atoms with Crippen LogP contribution in [0.1, 0.15) is 37.3 Å². The molecule has 1 heterocycles. The van der Waals surface area contributed by atoms with Crippen LogP contribution in [-0.2, 0) is 0 Å². The second-order valence-electron chi connectivity index (χ2n) is 5.43. The van der Waals surface area contributed by atoms with Crippen LogP contribution in [-0.4, -0.2) is 17.5 Å². The third-order valence-corrected chi connectivity index (χ3v) is 4.06. The van der Waals surface area contributed by atoms with Crippen molar-refractivity contribution in [1.29, 1.82) is 0 Å². The number of rotatable bonds is 3. The summed E-state index contributed by atoms with van der Waals surface area (Å²) in [5.41, 5.74) is 6.62. The summed E-state index contributed by atoms with van der Waals surface area (Å²) in [7, 11) is 0. The predicted molar refractivity (Wildman–Crippen MR) is 74.8 cm³/mol. The molecule has 1 aromatic rings. The van der Waals surface area contributed by atoms with Gasteiger partial charge in [0, 0.05) is 0 Å². The first-order valence-corrected chi connectivity index (χ1v) is 6.80. The van der Waals surface area contributed by atoms with Crippen LogP contribution in [0, 0.1) is 5.92 Å². The molecule has 0 saturated heterocycles. The fourth-order valence-electron chi connectivity index (χ4n) is 2.96. The predicted octanol–water partition coefficient (Wildman–Crippen LogP) is 2.98. The van der Waals surface area contributed by atoms with Gasteiger partial charge in [-0.25, -0.2) is 0 Å². The molecule has 7 heteroatoms. The lowest BCUT2D eigenvalue weighted by Gasteiger charge is -2.24. The molecule has 0 radical (unpaired) electrons. The number of hydrogen-bond acceptors (Lipinski definition) is 4. The van der Waals surface area contributed by atoms with Gasteiger partial charge in [0.05, 0.1) is 12.1 Å². The lowest BCUT2D eigenvalue weighted by atomic mass is 9.91. The van der Waals surface area contributed by atoms with Crippen LogP contribution in [0.15, 0.2) is 18.2 Å². The zero-order valence-corrected chi connectivity index (χ0v) is 12.1. The van der Waals surface area contributed by atoms with E-state index in [-0.39, 0.29) is 29.8 Å². The van der Waals surface area contributed by atoms with Crippen LogP contribution in [0.25, 0.3) is 0 Å². The lowest BCUT2D eigenvalue weighted by molar-refractivity contribution is -0.286. The number of alkyl halides is 2. The number of ether oxygens (including phenoxy) is 2. The zero-order chi connectivity index (χ0) is 14.3. The molecule has 3 N–H and O–H groups in total. The van der Waals surface area contributed by atoms with Gasteiger partial charge in [-0.15, -0.1) is 21.2 Å². The van der Waals surface area contributed by atoms with Crippen LogP contribution in [0.4, 0.5) is 8.78 Å². The molecule has 1 fully saturated rings.